The van der Waals surface area contributed by atoms with Crippen molar-refractivity contribution in [3.05, 3.63) is 42.0 Å². The molecule has 2 N–H and O–H groups in total. The quantitative estimate of drug-likeness (QED) is 0.318. The van der Waals surface area contributed by atoms with Crippen LogP contribution in [0.3, 0.4) is 0 Å². The third-order valence-corrected chi connectivity index (χ3v) is 5.21. The number of rotatable bonds is 4. The van der Waals surface area contributed by atoms with Crippen LogP contribution in [0, 0.1) is 0 Å². The van der Waals surface area contributed by atoms with Crippen molar-refractivity contribution >= 4 is 35.6 Å². The average molecular weight is 454 g/mol. The van der Waals surface area contributed by atoms with Crippen molar-refractivity contribution in [2.45, 2.75) is 44.1 Å². The van der Waals surface area contributed by atoms with Crippen LogP contribution in [0.4, 0.5) is 5.69 Å². The van der Waals surface area contributed by atoms with E-state index in [0.717, 1.165) is 32.0 Å². The summed E-state index contributed by atoms with van der Waals surface area (Å²) in [4.78, 5) is 6.73. The van der Waals surface area contributed by atoms with E-state index in [4.69, 9.17) is 4.74 Å². The normalized spacial score (nSPS) is 27.5. The molecule has 136 valence electrons. The molecule has 3 aliphatic heterocycles. The first-order valence-corrected chi connectivity index (χ1v) is 8.93. The number of guanidine groups is 1. The number of benzene rings is 1. The van der Waals surface area contributed by atoms with Crippen LogP contribution in [-0.4, -0.2) is 44.3 Å². The Labute approximate surface area is 166 Å². The van der Waals surface area contributed by atoms with Crippen molar-refractivity contribution in [2.24, 2.45) is 4.99 Å². The van der Waals surface area contributed by atoms with E-state index in [0.29, 0.717) is 18.2 Å². The van der Waals surface area contributed by atoms with Gasteiger partial charge >= 0.3 is 0 Å². The molecular formula is C19H27IN4O. The maximum Gasteiger partial charge on any atom is 0.191 e. The summed E-state index contributed by atoms with van der Waals surface area (Å²) in [7, 11) is 1.83. The molecule has 0 saturated carbocycles. The van der Waals surface area contributed by atoms with Crippen LogP contribution < -0.4 is 15.5 Å². The molecule has 25 heavy (non-hydrogen) atoms. The number of nitrogens with zero attached hydrogens (tertiary/aromatic N) is 2. The second-order valence-corrected chi connectivity index (χ2v) is 6.83. The van der Waals surface area contributed by atoms with Gasteiger partial charge in [0, 0.05) is 32.4 Å². The van der Waals surface area contributed by atoms with Crippen molar-refractivity contribution in [1.29, 1.82) is 0 Å². The lowest BCUT2D eigenvalue weighted by Crippen LogP contribution is -2.47. The summed E-state index contributed by atoms with van der Waals surface area (Å²) in [6, 6.07) is 9.12. The predicted molar refractivity (Wildman–Crippen MR) is 113 cm³/mol. The van der Waals surface area contributed by atoms with Crippen LogP contribution in [0.2, 0.25) is 0 Å². The molecule has 0 aliphatic carbocycles. The van der Waals surface area contributed by atoms with Crippen molar-refractivity contribution < 1.29 is 4.74 Å². The minimum atomic E-state index is 0. The minimum Gasteiger partial charge on any atom is -0.373 e. The van der Waals surface area contributed by atoms with Crippen LogP contribution in [-0.2, 0) is 11.3 Å². The fraction of sp³-hybridized carbons (Fsp3) is 0.526. The molecule has 3 heterocycles. The summed E-state index contributed by atoms with van der Waals surface area (Å²) in [5.74, 6) is 0.865. The van der Waals surface area contributed by atoms with Gasteiger partial charge in [0.2, 0.25) is 0 Å². The molecule has 4 rings (SSSR count). The fourth-order valence-electron chi connectivity index (χ4n) is 3.90. The Bertz CT molecular complexity index is 640. The zero-order valence-electron chi connectivity index (χ0n) is 14.6. The van der Waals surface area contributed by atoms with E-state index in [2.05, 4.69) is 56.9 Å². The lowest BCUT2D eigenvalue weighted by Gasteiger charge is -2.23. The van der Waals surface area contributed by atoms with E-state index in [-0.39, 0.29) is 24.0 Å². The molecule has 0 aromatic heterocycles. The number of nitrogens with one attached hydrogen (secondary N) is 2. The molecule has 0 amide bonds. The number of aliphatic imine (C=N–C) groups is 1. The van der Waals surface area contributed by atoms with Crippen LogP contribution in [0.1, 0.15) is 24.8 Å². The van der Waals surface area contributed by atoms with Gasteiger partial charge in [0.25, 0.3) is 0 Å². The Morgan fingerprint density at radius 2 is 2.12 bits per heavy atom. The minimum absolute atomic E-state index is 0. The number of hydrogen-bond donors (Lipinski definition) is 2. The van der Waals surface area contributed by atoms with E-state index in [1.165, 1.54) is 24.1 Å². The Hall–Kier alpha value is -1.28. The van der Waals surface area contributed by atoms with Crippen LogP contribution in [0.5, 0.6) is 0 Å². The third-order valence-electron chi connectivity index (χ3n) is 5.21. The van der Waals surface area contributed by atoms with Gasteiger partial charge < -0.3 is 20.3 Å². The molecule has 0 radical (unpaired) electrons. The standard InChI is InChI=1S/C19H26N4O.HI/c1-20-19(22-17-12-16-7-8-18(17)24-16)21-13-14-5-4-6-15(11-14)23-9-2-3-10-23;/h2-6,11,16-18H,7-10,12-13H2,1H3,(H2,20,21,22);1H. The van der Waals surface area contributed by atoms with Crippen LogP contribution >= 0.6 is 24.0 Å². The first kappa shape index (κ1) is 18.5. The summed E-state index contributed by atoms with van der Waals surface area (Å²) in [5, 5.41) is 6.97. The van der Waals surface area contributed by atoms with Crippen molar-refractivity contribution in [3.63, 3.8) is 0 Å². The Kier molecular flexibility index (Phi) is 6.22. The smallest absolute Gasteiger partial charge is 0.191 e. The van der Waals surface area contributed by atoms with E-state index in [9.17, 15) is 0 Å². The molecular weight excluding hydrogens is 427 g/mol. The highest BCUT2D eigenvalue weighted by molar-refractivity contribution is 14.0. The highest BCUT2D eigenvalue weighted by Gasteiger charge is 2.41. The number of hydrogen-bond acceptors (Lipinski definition) is 3. The molecule has 3 aliphatic rings. The van der Waals surface area contributed by atoms with Gasteiger partial charge in [-0.1, -0.05) is 24.3 Å². The van der Waals surface area contributed by atoms with Gasteiger partial charge in [0.05, 0.1) is 18.2 Å². The lowest BCUT2D eigenvalue weighted by atomic mass is 9.96. The van der Waals surface area contributed by atoms with Crippen molar-refractivity contribution in [2.75, 3.05) is 25.0 Å². The predicted octanol–water partition coefficient (Wildman–Crippen LogP) is 2.67. The van der Waals surface area contributed by atoms with Gasteiger partial charge in [-0.25, -0.2) is 0 Å². The Morgan fingerprint density at radius 1 is 1.28 bits per heavy atom. The molecule has 2 saturated heterocycles. The molecule has 2 bridgehead atoms. The van der Waals surface area contributed by atoms with Gasteiger partial charge in [-0.05, 0) is 37.0 Å². The second-order valence-electron chi connectivity index (χ2n) is 6.83. The molecule has 0 spiro atoms. The summed E-state index contributed by atoms with van der Waals surface area (Å²) < 4.78 is 5.91. The fourth-order valence-corrected chi connectivity index (χ4v) is 3.90. The molecule has 6 heteroatoms. The summed E-state index contributed by atoms with van der Waals surface area (Å²) >= 11 is 0. The van der Waals surface area contributed by atoms with E-state index in [1.807, 2.05) is 7.05 Å². The molecule has 2 fully saturated rings. The van der Waals surface area contributed by atoms with Gasteiger partial charge in [0.1, 0.15) is 0 Å². The largest absolute Gasteiger partial charge is 0.373 e. The van der Waals surface area contributed by atoms with Crippen LogP contribution in [0.15, 0.2) is 41.4 Å². The summed E-state index contributed by atoms with van der Waals surface area (Å²) in [6.45, 7) is 2.78. The molecule has 1 aromatic rings. The highest BCUT2D eigenvalue weighted by Crippen LogP contribution is 2.34. The van der Waals surface area contributed by atoms with E-state index < -0.39 is 0 Å². The van der Waals surface area contributed by atoms with Crippen molar-refractivity contribution in [3.8, 4) is 0 Å². The van der Waals surface area contributed by atoms with Gasteiger partial charge in [-0.2, -0.15) is 0 Å². The third kappa shape index (κ3) is 4.28. The summed E-state index contributed by atoms with van der Waals surface area (Å²) in [5.41, 5.74) is 2.55. The van der Waals surface area contributed by atoms with E-state index >= 15 is 0 Å². The van der Waals surface area contributed by atoms with Crippen LogP contribution in [0.25, 0.3) is 0 Å². The number of halogens is 1. The molecule has 3 atom stereocenters. The van der Waals surface area contributed by atoms with Gasteiger partial charge in [-0.3, -0.25) is 4.99 Å². The average Bonchev–Trinajstić information content (AvgIpc) is 3.36. The maximum atomic E-state index is 5.91. The zero-order chi connectivity index (χ0) is 16.4. The van der Waals surface area contributed by atoms with E-state index in [1.54, 1.807) is 0 Å². The molecule has 5 nitrogen and oxygen atoms in total. The first-order chi connectivity index (χ1) is 11.8. The first-order valence-electron chi connectivity index (χ1n) is 8.93. The zero-order valence-corrected chi connectivity index (χ0v) is 17.0. The molecule has 1 aromatic carbocycles. The monoisotopic (exact) mass is 454 g/mol. The Morgan fingerprint density at radius 3 is 2.80 bits per heavy atom. The van der Waals surface area contributed by atoms with Gasteiger partial charge in [0.15, 0.2) is 5.96 Å². The number of ether oxygens (including phenoxy) is 1. The molecule has 3 unspecified atom stereocenters. The lowest BCUT2D eigenvalue weighted by molar-refractivity contribution is 0.0992. The second kappa shape index (κ2) is 8.40. The Balaban J connectivity index is 0.00000182. The summed E-state index contributed by atoms with van der Waals surface area (Å²) in [6.07, 6.45) is 8.74. The SMILES string of the molecule is CN=C(NCc1cccc(N2CC=CC2)c1)NC1CC2CCC1O2.I. The van der Waals surface area contributed by atoms with Gasteiger partial charge in [-0.15, -0.1) is 24.0 Å². The highest BCUT2D eigenvalue weighted by atomic mass is 127. The topological polar surface area (TPSA) is 48.9 Å². The maximum absolute atomic E-state index is 5.91. The number of fused-ring (bicyclic) bond motifs is 2. The van der Waals surface area contributed by atoms with Crippen molar-refractivity contribution in [1.82, 2.24) is 10.6 Å². The number of anilines is 1.